The number of aromatic nitrogens is 1. The molecule has 0 aliphatic carbocycles. The highest BCUT2D eigenvalue weighted by atomic mass is 14.9. The Morgan fingerprint density at radius 3 is 2.46 bits per heavy atom. The number of hydrogen-bond donors (Lipinski definition) is 0. The van der Waals surface area contributed by atoms with Crippen molar-refractivity contribution in [2.75, 3.05) is 0 Å². The second-order valence-corrected chi connectivity index (χ2v) is 4.74. The van der Waals surface area contributed by atoms with Gasteiger partial charge < -0.3 is 4.57 Å². The van der Waals surface area contributed by atoms with Gasteiger partial charge in [-0.15, -0.1) is 0 Å². The Kier molecular flexibility index (Phi) is 3.18. The fourth-order valence-corrected chi connectivity index (χ4v) is 1.36. The molecule has 0 saturated heterocycles. The molecule has 0 atom stereocenters. The Morgan fingerprint density at radius 1 is 1.31 bits per heavy atom. The molecular weight excluding hydrogens is 158 g/mol. The minimum absolute atomic E-state index is 0.289. The van der Waals surface area contributed by atoms with Gasteiger partial charge in [0, 0.05) is 18.9 Å². The Morgan fingerprint density at radius 2 is 2.00 bits per heavy atom. The molecule has 1 nitrogen and oxygen atoms in total. The molecule has 1 rings (SSSR count). The van der Waals surface area contributed by atoms with Crippen LogP contribution in [0, 0.1) is 0 Å². The lowest BCUT2D eigenvalue weighted by Crippen LogP contribution is -2.09. The molecule has 0 radical (unpaired) electrons. The molecule has 13 heavy (non-hydrogen) atoms. The zero-order valence-corrected chi connectivity index (χ0v) is 9.30. The van der Waals surface area contributed by atoms with Crippen LogP contribution >= 0.6 is 0 Å². The summed E-state index contributed by atoms with van der Waals surface area (Å²) in [5.74, 6) is 0. The SMILES string of the molecule is CCCCn1ccc(C(C)(C)C)c1. The zero-order valence-electron chi connectivity index (χ0n) is 9.30. The van der Waals surface area contributed by atoms with E-state index in [0.29, 0.717) is 0 Å². The summed E-state index contributed by atoms with van der Waals surface area (Å²) in [4.78, 5) is 0. The highest BCUT2D eigenvalue weighted by molar-refractivity contribution is 5.19. The van der Waals surface area contributed by atoms with E-state index in [4.69, 9.17) is 0 Å². The zero-order chi connectivity index (χ0) is 9.90. The van der Waals surface area contributed by atoms with E-state index in [2.05, 4.69) is 50.7 Å². The fraction of sp³-hybridized carbons (Fsp3) is 0.667. The molecule has 0 amide bonds. The van der Waals surface area contributed by atoms with Crippen molar-refractivity contribution < 1.29 is 0 Å². The van der Waals surface area contributed by atoms with E-state index in [9.17, 15) is 0 Å². The smallest absolute Gasteiger partial charge is 0.0219 e. The van der Waals surface area contributed by atoms with Crippen LogP contribution in [0.2, 0.25) is 0 Å². The van der Waals surface area contributed by atoms with Gasteiger partial charge in [0.05, 0.1) is 0 Å². The van der Waals surface area contributed by atoms with Crippen molar-refractivity contribution in [3.8, 4) is 0 Å². The van der Waals surface area contributed by atoms with E-state index >= 15 is 0 Å². The van der Waals surface area contributed by atoms with E-state index in [1.54, 1.807) is 0 Å². The minimum Gasteiger partial charge on any atom is -0.354 e. The molecule has 0 N–H and O–H groups in total. The molecule has 74 valence electrons. The largest absolute Gasteiger partial charge is 0.354 e. The standard InChI is InChI=1S/C12H21N/c1-5-6-8-13-9-7-11(10-13)12(2,3)4/h7,9-10H,5-6,8H2,1-4H3. The second kappa shape index (κ2) is 3.99. The summed E-state index contributed by atoms with van der Waals surface area (Å²) in [6.07, 6.45) is 7.01. The molecule has 0 aliphatic heterocycles. The third-order valence-electron chi connectivity index (χ3n) is 2.39. The number of hydrogen-bond acceptors (Lipinski definition) is 0. The highest BCUT2D eigenvalue weighted by Crippen LogP contribution is 2.22. The Bertz CT molecular complexity index is 252. The normalized spacial score (nSPS) is 12.0. The summed E-state index contributed by atoms with van der Waals surface area (Å²) in [5.41, 5.74) is 1.72. The van der Waals surface area contributed by atoms with Crippen LogP contribution in [0.25, 0.3) is 0 Å². The van der Waals surface area contributed by atoms with Crippen LogP contribution in [0.1, 0.15) is 46.1 Å². The van der Waals surface area contributed by atoms with Crippen molar-refractivity contribution in [1.82, 2.24) is 4.57 Å². The molecule has 1 heterocycles. The third-order valence-corrected chi connectivity index (χ3v) is 2.39. The Balaban J connectivity index is 2.64. The Hall–Kier alpha value is -0.720. The topological polar surface area (TPSA) is 4.93 Å². The maximum Gasteiger partial charge on any atom is 0.0219 e. The van der Waals surface area contributed by atoms with Gasteiger partial charge in [-0.1, -0.05) is 34.1 Å². The number of nitrogens with zero attached hydrogens (tertiary/aromatic N) is 1. The van der Waals surface area contributed by atoms with E-state index in [1.165, 1.54) is 18.4 Å². The van der Waals surface area contributed by atoms with Gasteiger partial charge in [-0.05, 0) is 23.5 Å². The van der Waals surface area contributed by atoms with E-state index < -0.39 is 0 Å². The predicted octanol–water partition coefficient (Wildman–Crippen LogP) is 3.59. The average molecular weight is 179 g/mol. The lowest BCUT2D eigenvalue weighted by atomic mass is 9.89. The predicted molar refractivity (Wildman–Crippen MR) is 58.0 cm³/mol. The first kappa shape index (κ1) is 10.4. The van der Waals surface area contributed by atoms with E-state index in [1.807, 2.05) is 0 Å². The van der Waals surface area contributed by atoms with Crippen molar-refractivity contribution in [1.29, 1.82) is 0 Å². The number of aryl methyl sites for hydroxylation is 1. The summed E-state index contributed by atoms with van der Waals surface area (Å²) in [6, 6.07) is 2.23. The number of rotatable bonds is 3. The van der Waals surface area contributed by atoms with Crippen LogP contribution in [0.4, 0.5) is 0 Å². The van der Waals surface area contributed by atoms with Gasteiger partial charge in [-0.3, -0.25) is 0 Å². The van der Waals surface area contributed by atoms with Crippen LogP contribution in [-0.2, 0) is 12.0 Å². The second-order valence-electron chi connectivity index (χ2n) is 4.74. The summed E-state index contributed by atoms with van der Waals surface area (Å²) in [7, 11) is 0. The molecule has 1 heteroatoms. The molecule has 1 aromatic heterocycles. The minimum atomic E-state index is 0.289. The summed E-state index contributed by atoms with van der Waals surface area (Å²) in [5, 5.41) is 0. The van der Waals surface area contributed by atoms with Gasteiger partial charge in [0.25, 0.3) is 0 Å². The van der Waals surface area contributed by atoms with Crippen molar-refractivity contribution >= 4 is 0 Å². The summed E-state index contributed by atoms with van der Waals surface area (Å²) in [6.45, 7) is 10.2. The maximum atomic E-state index is 2.30. The van der Waals surface area contributed by atoms with Gasteiger partial charge in [0.15, 0.2) is 0 Å². The first-order valence-corrected chi connectivity index (χ1v) is 5.20. The quantitative estimate of drug-likeness (QED) is 0.668. The lowest BCUT2D eigenvalue weighted by molar-refractivity contribution is 0.581. The molecular formula is C12H21N. The molecule has 0 aromatic carbocycles. The van der Waals surface area contributed by atoms with Crippen LogP contribution < -0.4 is 0 Å². The van der Waals surface area contributed by atoms with E-state index in [0.717, 1.165) is 6.54 Å². The third kappa shape index (κ3) is 2.91. The Labute approximate surface area is 81.8 Å². The first-order chi connectivity index (χ1) is 6.04. The number of unbranched alkanes of at least 4 members (excludes halogenated alkanes) is 1. The molecule has 0 unspecified atom stereocenters. The van der Waals surface area contributed by atoms with Crippen molar-refractivity contribution in [2.45, 2.75) is 52.5 Å². The lowest BCUT2D eigenvalue weighted by Gasteiger charge is -2.16. The summed E-state index contributed by atoms with van der Waals surface area (Å²) >= 11 is 0. The molecule has 0 bridgehead atoms. The highest BCUT2D eigenvalue weighted by Gasteiger charge is 2.14. The summed E-state index contributed by atoms with van der Waals surface area (Å²) < 4.78 is 2.30. The van der Waals surface area contributed by atoms with Gasteiger partial charge in [0.2, 0.25) is 0 Å². The first-order valence-electron chi connectivity index (χ1n) is 5.20. The maximum absolute atomic E-state index is 2.30. The van der Waals surface area contributed by atoms with E-state index in [-0.39, 0.29) is 5.41 Å². The van der Waals surface area contributed by atoms with Crippen molar-refractivity contribution in [2.24, 2.45) is 0 Å². The van der Waals surface area contributed by atoms with Crippen LogP contribution in [0.15, 0.2) is 18.5 Å². The fourth-order valence-electron chi connectivity index (χ4n) is 1.36. The van der Waals surface area contributed by atoms with Gasteiger partial charge in [-0.25, -0.2) is 0 Å². The molecule has 1 aromatic rings. The van der Waals surface area contributed by atoms with Crippen LogP contribution in [0.5, 0.6) is 0 Å². The molecule has 0 spiro atoms. The monoisotopic (exact) mass is 179 g/mol. The van der Waals surface area contributed by atoms with Gasteiger partial charge >= 0.3 is 0 Å². The van der Waals surface area contributed by atoms with Crippen LogP contribution in [-0.4, -0.2) is 4.57 Å². The average Bonchev–Trinajstić information content (AvgIpc) is 2.47. The molecule has 0 saturated carbocycles. The van der Waals surface area contributed by atoms with Crippen LogP contribution in [0.3, 0.4) is 0 Å². The molecule has 0 aliphatic rings. The molecule has 0 fully saturated rings. The van der Waals surface area contributed by atoms with Crippen molar-refractivity contribution in [3.05, 3.63) is 24.0 Å². The van der Waals surface area contributed by atoms with Gasteiger partial charge in [0.1, 0.15) is 0 Å². The van der Waals surface area contributed by atoms with Gasteiger partial charge in [-0.2, -0.15) is 0 Å². The van der Waals surface area contributed by atoms with Crippen molar-refractivity contribution in [3.63, 3.8) is 0 Å².